The Kier molecular flexibility index (Phi) is 11.3. The van der Waals surface area contributed by atoms with E-state index in [2.05, 4.69) is 15.0 Å². The number of rotatable bonds is 0. The minimum absolute atomic E-state index is 0. The van der Waals surface area contributed by atoms with Crippen LogP contribution in [0.1, 0.15) is 15.2 Å². The number of phenolic OH excluding ortho intramolecular Hbond substituents is 3. The van der Waals surface area contributed by atoms with E-state index in [1.165, 1.54) is 0 Å². The van der Waals surface area contributed by atoms with Crippen molar-refractivity contribution in [2.75, 3.05) is 0 Å². The Balaban J connectivity index is 0.000000173. The number of aromatic hydroxyl groups is 3. The van der Waals surface area contributed by atoms with E-state index in [1.807, 2.05) is 62.4 Å². The molecule has 0 aliphatic rings. The van der Waals surface area contributed by atoms with Crippen LogP contribution in [-0.4, -0.2) is 30.3 Å². The van der Waals surface area contributed by atoms with E-state index in [9.17, 15) is 15.3 Å². The number of nitrogens with zero attached hydrogens (tertiary/aromatic N) is 3. The Hall–Kier alpha value is -4.40. The summed E-state index contributed by atoms with van der Waals surface area (Å²) in [6.07, 6.45) is 5.06. The van der Waals surface area contributed by atoms with Crippen LogP contribution in [0.3, 0.4) is 0 Å². The van der Waals surface area contributed by atoms with Gasteiger partial charge in [0.1, 0.15) is 17.2 Å². The summed E-state index contributed by atoms with van der Waals surface area (Å²) in [6, 6.07) is 30.1. The van der Waals surface area contributed by atoms with Crippen LogP contribution in [0.5, 0.6) is 17.2 Å². The Morgan fingerprint density at radius 2 is 0.880 bits per heavy atom. The second kappa shape index (κ2) is 16.5. The SMILES string of the molecule is [2H]c1c(C)c2cccc(O)c2c2ncccc12.[2H]c1c(C)c2cccnc2c2c(O)cccc12.[2H]c1cc2cccc(O)c2c2ncccc12.[Zn].[Zn].[Zn]. The van der Waals surface area contributed by atoms with Crippen LogP contribution in [0.2, 0.25) is 0 Å². The van der Waals surface area contributed by atoms with Crippen LogP contribution in [0.25, 0.3) is 65.0 Å². The first kappa shape index (κ1) is 34.1. The third-order valence-corrected chi connectivity index (χ3v) is 8.13. The van der Waals surface area contributed by atoms with Gasteiger partial charge in [0, 0.05) is 104 Å². The molecule has 0 aliphatic heterocycles. The zero-order valence-electron chi connectivity index (χ0n) is 30.8. The molecule has 234 valence electrons. The molecule has 50 heavy (non-hydrogen) atoms. The summed E-state index contributed by atoms with van der Waals surface area (Å²) in [5.74, 6) is 0.607. The summed E-state index contributed by atoms with van der Waals surface area (Å²) in [4.78, 5) is 12.9. The van der Waals surface area contributed by atoms with Crippen molar-refractivity contribution < 1.29 is 77.9 Å². The molecule has 9 heteroatoms. The molecule has 0 amide bonds. The number of hydrogen-bond acceptors (Lipinski definition) is 6. The molecule has 0 atom stereocenters. The zero-order chi connectivity index (χ0) is 35.1. The standard InChI is InChI=1S/2C14H11NO.C13H9NO.3Zn/c1-9-8-10-4-3-7-15-14(10)13-11(9)5-2-6-12(13)16;1-9-8-10-4-2-6-12(16)13(10)14-11(9)5-3-7-15-14;15-11-5-1-3-9-6-7-10-4-2-8-14-13(10)12(9)11;;;/h2*2-8,16H,1H3;1-8,15H;;;/i2*8D;7D;;;. The van der Waals surface area contributed by atoms with E-state index in [0.29, 0.717) is 39.9 Å². The van der Waals surface area contributed by atoms with Gasteiger partial charge in [-0.1, -0.05) is 72.7 Å². The van der Waals surface area contributed by atoms with Crippen molar-refractivity contribution in [2.45, 2.75) is 13.8 Å². The summed E-state index contributed by atoms with van der Waals surface area (Å²) < 4.78 is 24.1. The zero-order valence-corrected chi connectivity index (χ0v) is 36.7. The van der Waals surface area contributed by atoms with Crippen molar-refractivity contribution in [1.29, 1.82) is 0 Å². The fourth-order valence-corrected chi connectivity index (χ4v) is 5.96. The van der Waals surface area contributed by atoms with Gasteiger partial charge < -0.3 is 15.3 Å². The second-order valence-corrected chi connectivity index (χ2v) is 11.1. The monoisotopic (exact) mass is 808 g/mol. The Bertz CT molecular complexity index is 2660. The predicted molar refractivity (Wildman–Crippen MR) is 192 cm³/mol. The largest absolute Gasteiger partial charge is 0.507 e. The van der Waals surface area contributed by atoms with Crippen LogP contribution >= 0.6 is 0 Å². The van der Waals surface area contributed by atoms with Crippen molar-refractivity contribution in [1.82, 2.24) is 15.0 Å². The van der Waals surface area contributed by atoms with E-state index < -0.39 is 0 Å². The number of benzene rings is 6. The van der Waals surface area contributed by atoms with Crippen molar-refractivity contribution in [3.8, 4) is 17.2 Å². The number of hydrogen-bond donors (Lipinski definition) is 3. The van der Waals surface area contributed by atoms with Crippen molar-refractivity contribution in [3.05, 3.63) is 145 Å². The molecule has 3 N–H and O–H groups in total. The van der Waals surface area contributed by atoms with E-state index in [1.54, 1.807) is 67.1 Å². The van der Waals surface area contributed by atoms with E-state index in [-0.39, 0.29) is 75.7 Å². The van der Waals surface area contributed by atoms with Gasteiger partial charge in [-0.15, -0.1) is 0 Å². The molecule has 9 aromatic rings. The van der Waals surface area contributed by atoms with Gasteiger partial charge in [-0.05, 0) is 83.6 Å². The van der Waals surface area contributed by atoms with Crippen LogP contribution in [0.15, 0.2) is 134 Å². The molecule has 0 radical (unpaired) electrons. The third-order valence-electron chi connectivity index (χ3n) is 8.13. The summed E-state index contributed by atoms with van der Waals surface area (Å²) in [5, 5.41) is 36.9. The van der Waals surface area contributed by atoms with Gasteiger partial charge in [0.25, 0.3) is 0 Å². The number of fused-ring (bicyclic) bond motifs is 9. The molecule has 0 unspecified atom stereocenters. The molecule has 6 aromatic carbocycles. The first-order valence-corrected chi connectivity index (χ1v) is 15.0. The smallest absolute Gasteiger partial charge is 0.125 e. The molecule has 0 aliphatic carbocycles. The minimum atomic E-state index is 0. The molecule has 9 rings (SSSR count). The average molecular weight is 813 g/mol. The van der Waals surface area contributed by atoms with Crippen molar-refractivity contribution in [2.24, 2.45) is 0 Å². The van der Waals surface area contributed by atoms with Crippen LogP contribution in [0.4, 0.5) is 0 Å². The van der Waals surface area contributed by atoms with Crippen LogP contribution in [-0.2, 0) is 58.4 Å². The fraction of sp³-hybridized carbons (Fsp3) is 0.0488. The Labute approximate surface area is 331 Å². The Morgan fingerprint density at radius 3 is 1.56 bits per heavy atom. The maximum absolute atomic E-state index is 9.98. The van der Waals surface area contributed by atoms with E-state index >= 15 is 0 Å². The molecular formula is C41H31N3O3Zn3. The maximum atomic E-state index is 9.98. The summed E-state index contributed by atoms with van der Waals surface area (Å²) >= 11 is 0. The normalized spacial score (nSPS) is 11.2. The summed E-state index contributed by atoms with van der Waals surface area (Å²) in [6.45, 7) is 3.81. The quantitative estimate of drug-likeness (QED) is 0.104. The van der Waals surface area contributed by atoms with Gasteiger partial charge in [-0.25, -0.2) is 0 Å². The molecular weight excluding hydrogens is 779 g/mol. The number of aromatic nitrogens is 3. The van der Waals surface area contributed by atoms with Gasteiger partial charge in [-0.2, -0.15) is 0 Å². The summed E-state index contributed by atoms with van der Waals surface area (Å²) in [7, 11) is 0. The number of aryl methyl sites for hydroxylation is 2. The van der Waals surface area contributed by atoms with Crippen LogP contribution in [0, 0.1) is 13.8 Å². The second-order valence-electron chi connectivity index (χ2n) is 11.1. The van der Waals surface area contributed by atoms with Gasteiger partial charge in [0.05, 0.1) is 26.0 Å². The molecule has 3 heterocycles. The minimum Gasteiger partial charge on any atom is -0.507 e. The van der Waals surface area contributed by atoms with Gasteiger partial charge in [0.2, 0.25) is 0 Å². The summed E-state index contributed by atoms with van der Waals surface area (Å²) in [5.41, 5.74) is 3.90. The maximum Gasteiger partial charge on any atom is 0.125 e. The van der Waals surface area contributed by atoms with E-state index in [4.69, 9.17) is 4.11 Å². The molecule has 0 saturated carbocycles. The molecule has 3 aromatic heterocycles. The van der Waals surface area contributed by atoms with Gasteiger partial charge >= 0.3 is 0 Å². The molecule has 0 fully saturated rings. The molecule has 0 saturated heterocycles. The number of pyridine rings is 3. The topological polar surface area (TPSA) is 99.4 Å². The fourth-order valence-electron chi connectivity index (χ4n) is 5.96. The molecule has 6 nitrogen and oxygen atoms in total. The first-order valence-electron chi connectivity index (χ1n) is 16.5. The third kappa shape index (κ3) is 7.37. The van der Waals surface area contributed by atoms with E-state index in [0.717, 1.165) is 54.3 Å². The number of phenols is 3. The van der Waals surface area contributed by atoms with Gasteiger partial charge in [-0.3, -0.25) is 15.0 Å². The van der Waals surface area contributed by atoms with Crippen LogP contribution < -0.4 is 0 Å². The average Bonchev–Trinajstić information content (AvgIpc) is 3.13. The van der Waals surface area contributed by atoms with Gasteiger partial charge in [0.15, 0.2) is 0 Å². The predicted octanol–water partition coefficient (Wildman–Crippen LogP) is 9.89. The van der Waals surface area contributed by atoms with Crippen molar-refractivity contribution >= 4 is 65.0 Å². The Morgan fingerprint density at radius 1 is 0.440 bits per heavy atom. The molecule has 0 bridgehead atoms. The molecule has 0 spiro atoms. The van der Waals surface area contributed by atoms with Crippen molar-refractivity contribution in [3.63, 3.8) is 0 Å². The first-order chi connectivity index (χ1) is 24.2.